The van der Waals surface area contributed by atoms with Gasteiger partial charge < -0.3 is 8.83 Å². The predicted molar refractivity (Wildman–Crippen MR) is 121 cm³/mol. The third kappa shape index (κ3) is 2.28. The normalized spacial score (nSPS) is 13.7. The number of fused-ring (bicyclic) bond motifs is 6. The molecule has 0 N–H and O–H groups in total. The first-order chi connectivity index (χ1) is 13.3. The van der Waals surface area contributed by atoms with E-state index >= 15 is 0 Å². The van der Waals surface area contributed by atoms with E-state index in [1.807, 2.05) is 12.1 Å². The lowest BCUT2D eigenvalue weighted by molar-refractivity contribution is 0.600. The summed E-state index contributed by atoms with van der Waals surface area (Å²) in [4.78, 5) is 0. The van der Waals surface area contributed by atoms with Crippen molar-refractivity contribution in [3.63, 3.8) is 0 Å². The van der Waals surface area contributed by atoms with Crippen LogP contribution in [-0.2, 0) is 0 Å². The second kappa shape index (κ2) is 5.67. The summed E-state index contributed by atoms with van der Waals surface area (Å²) in [6.45, 7) is 2.12. The fourth-order valence-corrected chi connectivity index (χ4v) is 5.99. The molecule has 0 unspecified atom stereocenters. The highest BCUT2D eigenvalue weighted by Gasteiger charge is 2.20. The molecule has 0 radical (unpaired) electrons. The molecule has 0 saturated heterocycles. The van der Waals surface area contributed by atoms with Gasteiger partial charge in [0.15, 0.2) is 0 Å². The van der Waals surface area contributed by atoms with E-state index in [0.29, 0.717) is 0 Å². The van der Waals surface area contributed by atoms with E-state index in [1.165, 1.54) is 33.0 Å². The summed E-state index contributed by atoms with van der Waals surface area (Å²) in [5, 5.41) is 3.55. The van der Waals surface area contributed by atoms with Crippen molar-refractivity contribution in [1.29, 1.82) is 0 Å². The number of halogens is 1. The standard InChI is InChI=1S/C24H15IO2/c1-14-6-8-22-17(10-14)18-11-15(7-9-23(18)26-22)19-12-25-13-20-16-4-2-3-5-21(16)27-24(19)20/h2-13H,1H3. The molecular weight excluding hydrogens is 447 g/mol. The molecule has 0 spiro atoms. The molecular formula is C24H15IO2. The number of rotatable bonds is 1. The van der Waals surface area contributed by atoms with E-state index in [4.69, 9.17) is 8.83 Å². The maximum Gasteiger partial charge on any atom is 0.144 e. The highest BCUT2D eigenvalue weighted by Crippen LogP contribution is 2.40. The van der Waals surface area contributed by atoms with Gasteiger partial charge in [-0.2, -0.15) is 0 Å². The average Bonchev–Trinajstić information content (AvgIpc) is 3.25. The zero-order valence-electron chi connectivity index (χ0n) is 14.6. The van der Waals surface area contributed by atoms with Gasteiger partial charge in [0.25, 0.3) is 0 Å². The highest BCUT2D eigenvalue weighted by molar-refractivity contribution is 14.2. The van der Waals surface area contributed by atoms with Gasteiger partial charge in [-0.05, 0) is 50.9 Å². The first-order valence-electron chi connectivity index (χ1n) is 8.88. The van der Waals surface area contributed by atoms with Crippen molar-refractivity contribution in [2.45, 2.75) is 6.92 Å². The fourth-order valence-electron chi connectivity index (χ4n) is 3.83. The van der Waals surface area contributed by atoms with Crippen LogP contribution >= 0.6 is 20.7 Å². The summed E-state index contributed by atoms with van der Waals surface area (Å²) in [5.41, 5.74) is 7.73. The summed E-state index contributed by atoms with van der Waals surface area (Å²) in [7, 11) is 0. The molecule has 6 rings (SSSR count). The Labute approximate surface area is 165 Å². The molecule has 3 heteroatoms. The highest BCUT2D eigenvalue weighted by atomic mass is 127. The maximum atomic E-state index is 6.25. The van der Waals surface area contributed by atoms with Gasteiger partial charge in [-0.25, -0.2) is 0 Å². The van der Waals surface area contributed by atoms with Crippen molar-refractivity contribution in [3.8, 4) is 0 Å². The van der Waals surface area contributed by atoms with Crippen LogP contribution in [0.15, 0.2) is 73.6 Å². The van der Waals surface area contributed by atoms with Gasteiger partial charge >= 0.3 is 0 Å². The molecule has 27 heavy (non-hydrogen) atoms. The Morgan fingerprint density at radius 3 is 2.44 bits per heavy atom. The minimum absolute atomic E-state index is 0.133. The number of para-hydroxylation sites is 1. The zero-order valence-corrected chi connectivity index (χ0v) is 16.8. The van der Waals surface area contributed by atoms with Crippen LogP contribution in [0.3, 0.4) is 0 Å². The van der Waals surface area contributed by atoms with Crippen LogP contribution in [0.2, 0.25) is 0 Å². The Kier molecular flexibility index (Phi) is 3.23. The molecule has 0 aliphatic carbocycles. The molecule has 130 valence electrons. The van der Waals surface area contributed by atoms with Crippen molar-refractivity contribution in [3.05, 3.63) is 87.2 Å². The minimum Gasteiger partial charge on any atom is -0.456 e. The molecule has 1 aliphatic rings. The molecule has 0 atom stereocenters. The van der Waals surface area contributed by atoms with Gasteiger partial charge in [-0.15, -0.1) is 0 Å². The van der Waals surface area contributed by atoms with Gasteiger partial charge in [-0.3, -0.25) is 0 Å². The number of hydrogen-bond donors (Lipinski definition) is 0. The molecule has 0 bridgehead atoms. The largest absolute Gasteiger partial charge is 0.456 e. The minimum atomic E-state index is -0.133. The summed E-state index contributed by atoms with van der Waals surface area (Å²) < 4.78 is 17.0. The summed E-state index contributed by atoms with van der Waals surface area (Å²) >= 11 is -0.133. The van der Waals surface area contributed by atoms with Crippen LogP contribution in [0.25, 0.3) is 38.5 Å². The third-order valence-electron chi connectivity index (χ3n) is 5.16. The van der Waals surface area contributed by atoms with Crippen molar-refractivity contribution < 1.29 is 8.83 Å². The van der Waals surface area contributed by atoms with Crippen LogP contribution in [0.1, 0.15) is 22.5 Å². The molecule has 0 fully saturated rings. The molecule has 1 aliphatic heterocycles. The molecule has 5 aromatic rings. The lowest BCUT2D eigenvalue weighted by atomic mass is 9.99. The Hall–Kier alpha value is -2.66. The molecule has 3 aromatic carbocycles. The van der Waals surface area contributed by atoms with E-state index in [9.17, 15) is 0 Å². The Morgan fingerprint density at radius 1 is 0.741 bits per heavy atom. The quantitative estimate of drug-likeness (QED) is 0.247. The van der Waals surface area contributed by atoms with Crippen LogP contribution in [0.4, 0.5) is 0 Å². The summed E-state index contributed by atoms with van der Waals surface area (Å²) in [6, 6.07) is 21.1. The van der Waals surface area contributed by atoms with Crippen molar-refractivity contribution in [2.75, 3.05) is 0 Å². The second-order valence-corrected chi connectivity index (χ2v) is 8.88. The van der Waals surface area contributed by atoms with E-state index in [0.717, 1.165) is 27.9 Å². The van der Waals surface area contributed by atoms with Crippen LogP contribution < -0.4 is 0 Å². The van der Waals surface area contributed by atoms with Gasteiger partial charge in [0, 0.05) is 27.3 Å². The summed E-state index contributed by atoms with van der Waals surface area (Å²) in [5.74, 6) is 0.991. The molecule has 0 amide bonds. The van der Waals surface area contributed by atoms with Crippen LogP contribution in [0, 0.1) is 6.92 Å². The molecule has 2 aromatic heterocycles. The lowest BCUT2D eigenvalue weighted by Gasteiger charge is -2.09. The first kappa shape index (κ1) is 15.4. The SMILES string of the molecule is Cc1ccc2oc3ccc(C4=CI=Cc5c4oc4ccccc54)cc3c2c1. The Balaban J connectivity index is 1.60. The first-order valence-corrected chi connectivity index (χ1v) is 11.4. The second-order valence-electron chi connectivity index (χ2n) is 6.91. The lowest BCUT2D eigenvalue weighted by Crippen LogP contribution is -1.92. The topological polar surface area (TPSA) is 26.3 Å². The molecule has 2 nitrogen and oxygen atoms in total. The van der Waals surface area contributed by atoms with Crippen molar-refractivity contribution >= 4 is 63.2 Å². The molecule has 3 heterocycles. The monoisotopic (exact) mass is 462 g/mol. The zero-order chi connectivity index (χ0) is 18.0. The average molecular weight is 462 g/mol. The maximum absolute atomic E-state index is 6.25. The number of hydrogen-bond acceptors (Lipinski definition) is 2. The van der Waals surface area contributed by atoms with Crippen LogP contribution in [0.5, 0.6) is 0 Å². The fraction of sp³-hybridized carbons (Fsp3) is 0.0417. The van der Waals surface area contributed by atoms with E-state index in [2.05, 4.69) is 63.5 Å². The van der Waals surface area contributed by atoms with Crippen molar-refractivity contribution in [2.24, 2.45) is 0 Å². The number of aryl methyl sites for hydroxylation is 1. The summed E-state index contributed by atoms with van der Waals surface area (Å²) in [6.07, 6.45) is 0. The number of benzene rings is 3. The Bertz CT molecular complexity index is 1430. The van der Waals surface area contributed by atoms with E-state index < -0.39 is 0 Å². The Morgan fingerprint density at radius 2 is 1.52 bits per heavy atom. The predicted octanol–water partition coefficient (Wildman–Crippen LogP) is 7.16. The van der Waals surface area contributed by atoms with E-state index in [1.54, 1.807) is 0 Å². The third-order valence-corrected chi connectivity index (χ3v) is 7.12. The van der Waals surface area contributed by atoms with Gasteiger partial charge in [0.05, 0.1) is 0 Å². The molecule has 0 saturated carbocycles. The van der Waals surface area contributed by atoms with Gasteiger partial charge in [0.2, 0.25) is 0 Å². The van der Waals surface area contributed by atoms with Crippen molar-refractivity contribution in [1.82, 2.24) is 0 Å². The van der Waals surface area contributed by atoms with E-state index in [-0.39, 0.29) is 20.7 Å². The van der Waals surface area contributed by atoms with Crippen LogP contribution in [-0.4, -0.2) is 4.01 Å². The van der Waals surface area contributed by atoms with Gasteiger partial charge in [0.1, 0.15) is 22.5 Å². The number of furan rings is 2. The smallest absolute Gasteiger partial charge is 0.144 e. The van der Waals surface area contributed by atoms with Gasteiger partial charge in [-0.1, -0.05) is 56.6 Å².